The molecule has 0 saturated carbocycles. The second-order valence-electron chi connectivity index (χ2n) is 4.69. The highest BCUT2D eigenvalue weighted by molar-refractivity contribution is 7.87. The number of allylic oxidation sites excluding steroid dienone is 1. The zero-order valence-electron chi connectivity index (χ0n) is 12.3. The van der Waals surface area contributed by atoms with Crippen LogP contribution in [0.2, 0.25) is 5.02 Å². The van der Waals surface area contributed by atoms with Gasteiger partial charge in [0.1, 0.15) is 4.88 Å². The van der Waals surface area contributed by atoms with Crippen molar-refractivity contribution in [2.75, 3.05) is 5.75 Å². The Hall–Kier alpha value is -1.64. The van der Waals surface area contributed by atoms with Gasteiger partial charge in [0.05, 0.1) is 17.0 Å². The molecule has 0 N–H and O–H groups in total. The molecular weight excluding hydrogens is 378 g/mol. The van der Waals surface area contributed by atoms with Gasteiger partial charge in [-0.1, -0.05) is 35.1 Å². The van der Waals surface area contributed by atoms with Gasteiger partial charge in [0, 0.05) is 16.3 Å². The summed E-state index contributed by atoms with van der Waals surface area (Å²) in [5.74, 6) is 0.0656. The van der Waals surface area contributed by atoms with Crippen LogP contribution in [0, 0.1) is 5.21 Å². The zero-order chi connectivity index (χ0) is 17.5. The number of hydrogen-bond acceptors (Lipinski definition) is 4. The number of benzene rings is 1. The van der Waals surface area contributed by atoms with Crippen molar-refractivity contribution in [1.82, 2.24) is 4.98 Å². The van der Waals surface area contributed by atoms with Crippen LogP contribution in [0.15, 0.2) is 47.0 Å². The Kier molecular flexibility index (Phi) is 7.01. The largest absolute Gasteiger partial charge is 0.624 e. The number of nitrogens with zero attached hydrogens (tertiary/aromatic N) is 2. The van der Waals surface area contributed by atoms with Crippen LogP contribution in [0.4, 0.5) is 8.78 Å². The van der Waals surface area contributed by atoms with Crippen molar-refractivity contribution >= 4 is 40.0 Å². The van der Waals surface area contributed by atoms with Crippen LogP contribution >= 0.6 is 22.9 Å². The summed E-state index contributed by atoms with van der Waals surface area (Å²) in [5.41, 5.74) is 0.805. The molecule has 0 saturated heterocycles. The Morgan fingerprint density at radius 2 is 2.08 bits per heavy atom. The van der Waals surface area contributed by atoms with E-state index in [0.717, 1.165) is 27.7 Å². The zero-order valence-corrected chi connectivity index (χ0v) is 14.7. The molecule has 4 nitrogen and oxygen atoms in total. The standard InChI is InChI=1S/C15H13ClF2N2O2S2/c16-12-5-3-11(4-6-12)9-20(21)10-13-8-19-15(23-13)24(22)7-1-2-14(17)18/h2-6,8,10H,1,7,9H2/b20-10-. The van der Waals surface area contributed by atoms with Crippen molar-refractivity contribution in [3.05, 3.63) is 63.3 Å². The Bertz CT molecular complexity index is 772. The SMILES string of the molecule is O=S(CCC=C(F)F)c1ncc(/C=[N+](\[O-])Cc2ccc(Cl)cc2)s1. The molecule has 9 heteroatoms. The molecule has 1 unspecified atom stereocenters. The van der Waals surface area contributed by atoms with Crippen LogP contribution in [0.25, 0.3) is 0 Å². The van der Waals surface area contributed by atoms with Crippen LogP contribution < -0.4 is 0 Å². The predicted octanol–water partition coefficient (Wildman–Crippen LogP) is 4.20. The number of hydroxylamine groups is 1. The number of hydrogen-bond donors (Lipinski definition) is 0. The lowest BCUT2D eigenvalue weighted by molar-refractivity contribution is -0.469. The van der Waals surface area contributed by atoms with E-state index in [1.165, 1.54) is 12.4 Å². The second kappa shape index (κ2) is 9.00. The lowest BCUT2D eigenvalue weighted by Gasteiger charge is -2.03. The fraction of sp³-hybridized carbons (Fsp3) is 0.200. The fourth-order valence-electron chi connectivity index (χ4n) is 1.75. The van der Waals surface area contributed by atoms with Gasteiger partial charge in [-0.15, -0.1) is 0 Å². The second-order valence-corrected chi connectivity index (χ2v) is 7.93. The van der Waals surface area contributed by atoms with Crippen LogP contribution in [-0.2, 0) is 17.3 Å². The molecule has 2 rings (SSSR count). The van der Waals surface area contributed by atoms with Crippen LogP contribution in [0.3, 0.4) is 0 Å². The van der Waals surface area contributed by atoms with Gasteiger partial charge in [-0.05, 0) is 24.6 Å². The summed E-state index contributed by atoms with van der Waals surface area (Å²) < 4.78 is 36.8. The maximum absolute atomic E-state index is 11.9. The predicted molar refractivity (Wildman–Crippen MR) is 92.3 cm³/mol. The normalized spacial score (nSPS) is 12.9. The van der Waals surface area contributed by atoms with Gasteiger partial charge in [-0.25, -0.2) is 9.72 Å². The van der Waals surface area contributed by atoms with Crippen LogP contribution in [0.1, 0.15) is 16.9 Å². The molecule has 0 aliphatic heterocycles. The number of rotatable bonds is 7. The topological polar surface area (TPSA) is 56.0 Å². The van der Waals surface area contributed by atoms with Crippen LogP contribution in [0.5, 0.6) is 0 Å². The van der Waals surface area contributed by atoms with Gasteiger partial charge in [0.15, 0.2) is 17.1 Å². The van der Waals surface area contributed by atoms with Gasteiger partial charge < -0.3 is 5.21 Å². The first-order valence-electron chi connectivity index (χ1n) is 6.82. The van der Waals surface area contributed by atoms with Crippen molar-refractivity contribution in [3.63, 3.8) is 0 Å². The van der Waals surface area contributed by atoms with Gasteiger partial charge in [-0.2, -0.15) is 8.78 Å². The molecule has 0 amide bonds. The molecule has 128 valence electrons. The molecule has 0 fully saturated rings. The van der Waals surface area contributed by atoms with Gasteiger partial charge in [0.2, 0.25) is 0 Å². The smallest absolute Gasteiger partial charge is 0.266 e. The molecule has 2 aromatic rings. The van der Waals surface area contributed by atoms with E-state index in [1.54, 1.807) is 24.3 Å². The summed E-state index contributed by atoms with van der Waals surface area (Å²) in [4.78, 5) is 4.53. The van der Waals surface area contributed by atoms with Gasteiger partial charge in [-0.3, -0.25) is 4.21 Å². The molecule has 0 bridgehead atoms. The number of halogens is 3. The summed E-state index contributed by atoms with van der Waals surface area (Å²) in [6.07, 6.45) is 1.75. The highest BCUT2D eigenvalue weighted by Gasteiger charge is 2.10. The summed E-state index contributed by atoms with van der Waals surface area (Å²) in [6.45, 7) is 0.147. The van der Waals surface area contributed by atoms with Gasteiger partial charge >= 0.3 is 0 Å². The maximum atomic E-state index is 11.9. The van der Waals surface area contributed by atoms with Crippen molar-refractivity contribution in [2.24, 2.45) is 0 Å². The lowest BCUT2D eigenvalue weighted by Crippen LogP contribution is -2.04. The maximum Gasteiger partial charge on any atom is 0.266 e. The molecule has 0 aliphatic rings. The number of aromatic nitrogens is 1. The average Bonchev–Trinajstić information content (AvgIpc) is 2.97. The van der Waals surface area contributed by atoms with Crippen molar-refractivity contribution in [1.29, 1.82) is 0 Å². The third-order valence-corrected chi connectivity index (χ3v) is 5.71. The first-order chi connectivity index (χ1) is 11.4. The fourth-order valence-corrected chi connectivity index (χ4v) is 4.05. The Morgan fingerprint density at radius 3 is 2.75 bits per heavy atom. The van der Waals surface area contributed by atoms with E-state index in [0.29, 0.717) is 14.2 Å². The Labute approximate surface area is 149 Å². The molecule has 1 heterocycles. The first kappa shape index (κ1) is 18.7. The van der Waals surface area contributed by atoms with Crippen molar-refractivity contribution in [3.8, 4) is 0 Å². The third kappa shape index (κ3) is 6.10. The molecule has 1 aromatic heterocycles. The summed E-state index contributed by atoms with van der Waals surface area (Å²) in [7, 11) is -1.46. The van der Waals surface area contributed by atoms with E-state index < -0.39 is 16.9 Å². The van der Waals surface area contributed by atoms with E-state index in [1.807, 2.05) is 0 Å². The van der Waals surface area contributed by atoms with Crippen LogP contribution in [-0.4, -0.2) is 25.9 Å². The Morgan fingerprint density at radius 1 is 1.38 bits per heavy atom. The minimum Gasteiger partial charge on any atom is -0.624 e. The van der Waals surface area contributed by atoms with E-state index in [9.17, 15) is 18.2 Å². The van der Waals surface area contributed by atoms with Crippen molar-refractivity contribution < 1.29 is 17.7 Å². The first-order valence-corrected chi connectivity index (χ1v) is 9.34. The number of thiazole rings is 1. The summed E-state index contributed by atoms with van der Waals surface area (Å²) in [6, 6.07) is 6.91. The molecular formula is C15H13ClF2N2O2S2. The lowest BCUT2D eigenvalue weighted by atomic mass is 10.2. The molecule has 0 radical (unpaired) electrons. The molecule has 24 heavy (non-hydrogen) atoms. The third-order valence-electron chi connectivity index (χ3n) is 2.82. The van der Waals surface area contributed by atoms with Crippen molar-refractivity contribution in [2.45, 2.75) is 17.3 Å². The molecule has 0 spiro atoms. The van der Waals surface area contributed by atoms with E-state index in [-0.39, 0.29) is 18.7 Å². The van der Waals surface area contributed by atoms with Gasteiger partial charge in [0.25, 0.3) is 6.08 Å². The summed E-state index contributed by atoms with van der Waals surface area (Å²) in [5, 5.41) is 12.5. The van der Waals surface area contributed by atoms with E-state index in [4.69, 9.17) is 11.6 Å². The Balaban J connectivity index is 1.97. The molecule has 1 aromatic carbocycles. The monoisotopic (exact) mass is 390 g/mol. The van der Waals surface area contributed by atoms with E-state index >= 15 is 0 Å². The summed E-state index contributed by atoms with van der Waals surface area (Å²) >= 11 is 6.89. The molecule has 0 aliphatic carbocycles. The average molecular weight is 391 g/mol. The minimum atomic E-state index is -1.79. The highest BCUT2D eigenvalue weighted by atomic mass is 35.5. The highest BCUT2D eigenvalue weighted by Crippen LogP contribution is 2.16. The molecule has 1 atom stereocenters. The van der Waals surface area contributed by atoms with E-state index in [2.05, 4.69) is 4.98 Å². The quantitative estimate of drug-likeness (QED) is 0.308. The minimum absolute atomic E-state index is 0.0117.